The van der Waals surface area contributed by atoms with Gasteiger partial charge < -0.3 is 18.1 Å². The second kappa shape index (κ2) is 8.78. The summed E-state index contributed by atoms with van der Waals surface area (Å²) < 4.78 is 46.8. The zero-order chi connectivity index (χ0) is 15.9. The van der Waals surface area contributed by atoms with E-state index in [1.54, 1.807) is 27.7 Å². The van der Waals surface area contributed by atoms with Crippen LogP contribution in [0.25, 0.3) is 0 Å². The van der Waals surface area contributed by atoms with Gasteiger partial charge in [0.2, 0.25) is 0 Å². The summed E-state index contributed by atoms with van der Waals surface area (Å²) in [4.78, 5) is 0. The third-order valence-electron chi connectivity index (χ3n) is 3.10. The fourth-order valence-corrected chi connectivity index (χ4v) is 6.44. The lowest BCUT2D eigenvalue weighted by Gasteiger charge is -2.26. The first-order valence-electron chi connectivity index (χ1n) is 7.49. The average molecular weight is 343 g/mol. The minimum atomic E-state index is -3.26. The summed E-state index contributed by atoms with van der Waals surface area (Å²) in [6, 6.07) is 0. The number of rotatable bonds is 10. The Balaban J connectivity index is 2.81. The van der Waals surface area contributed by atoms with Crippen LogP contribution in [-0.4, -0.2) is 38.0 Å². The third-order valence-corrected chi connectivity index (χ3v) is 7.91. The van der Waals surface area contributed by atoms with Crippen LogP contribution in [0.15, 0.2) is 0 Å². The van der Waals surface area contributed by atoms with Gasteiger partial charge in [-0.15, -0.1) is 0 Å². The Kier molecular flexibility index (Phi) is 8.07. The van der Waals surface area contributed by atoms with Gasteiger partial charge >= 0.3 is 15.2 Å². The van der Waals surface area contributed by atoms with E-state index in [1.807, 2.05) is 0 Å². The van der Waals surface area contributed by atoms with Crippen molar-refractivity contribution in [3.05, 3.63) is 0 Å². The molecule has 0 radical (unpaired) electrons. The Morgan fingerprint density at radius 1 is 0.762 bits per heavy atom. The highest BCUT2D eigenvalue weighted by atomic mass is 31.2. The largest absolute Gasteiger partial charge is 0.347 e. The Morgan fingerprint density at radius 3 is 1.29 bits per heavy atom. The SMILES string of the molecule is CCOP(=O)(OCC)[C@H]1CC[C@H](P(=O)(OCC)OCC)N1. The van der Waals surface area contributed by atoms with Crippen LogP contribution >= 0.6 is 15.2 Å². The van der Waals surface area contributed by atoms with Crippen LogP contribution in [0.1, 0.15) is 40.5 Å². The van der Waals surface area contributed by atoms with Gasteiger partial charge in [0.1, 0.15) is 11.6 Å². The van der Waals surface area contributed by atoms with E-state index in [9.17, 15) is 9.13 Å². The molecule has 1 N–H and O–H groups in total. The molecule has 1 fully saturated rings. The molecule has 1 saturated heterocycles. The molecule has 0 spiro atoms. The van der Waals surface area contributed by atoms with Gasteiger partial charge in [-0.1, -0.05) is 0 Å². The van der Waals surface area contributed by atoms with Gasteiger partial charge in [-0.3, -0.25) is 14.4 Å². The molecule has 2 atom stereocenters. The molecule has 0 bridgehead atoms. The molecule has 0 unspecified atom stereocenters. The fraction of sp³-hybridized carbons (Fsp3) is 1.00. The van der Waals surface area contributed by atoms with Crippen LogP contribution in [-0.2, 0) is 27.2 Å². The van der Waals surface area contributed by atoms with Gasteiger partial charge in [0.25, 0.3) is 0 Å². The Labute approximate surface area is 127 Å². The van der Waals surface area contributed by atoms with Crippen LogP contribution in [0.5, 0.6) is 0 Å². The molecule has 0 saturated carbocycles. The Bertz CT molecular complexity index is 349. The molecule has 1 aliphatic rings. The maximum absolute atomic E-state index is 12.7. The third kappa shape index (κ3) is 4.87. The van der Waals surface area contributed by atoms with Gasteiger partial charge in [0, 0.05) is 0 Å². The van der Waals surface area contributed by atoms with Crippen molar-refractivity contribution in [3.63, 3.8) is 0 Å². The molecule has 9 heteroatoms. The topological polar surface area (TPSA) is 83.1 Å². The average Bonchev–Trinajstić information content (AvgIpc) is 2.90. The fourth-order valence-electron chi connectivity index (χ4n) is 2.36. The van der Waals surface area contributed by atoms with Crippen molar-refractivity contribution in [2.24, 2.45) is 0 Å². The summed E-state index contributed by atoms with van der Waals surface area (Å²) in [6.45, 7) is 8.27. The highest BCUT2D eigenvalue weighted by molar-refractivity contribution is 7.55. The summed E-state index contributed by atoms with van der Waals surface area (Å²) in [6.07, 6.45) is 1.10. The van der Waals surface area contributed by atoms with E-state index in [1.165, 1.54) is 0 Å². The standard InChI is InChI=1S/C12H27NO6P2/c1-5-16-20(14,17-6-2)11-9-10-12(13-11)21(15,18-7-3)19-8-4/h11-13H,5-10H2,1-4H3/t11-,12-/m0/s1. The van der Waals surface area contributed by atoms with Gasteiger partial charge in [-0.2, -0.15) is 0 Å². The van der Waals surface area contributed by atoms with Crippen molar-refractivity contribution in [2.45, 2.75) is 52.1 Å². The van der Waals surface area contributed by atoms with Crippen molar-refractivity contribution in [1.29, 1.82) is 0 Å². The van der Waals surface area contributed by atoms with Crippen LogP contribution in [0.2, 0.25) is 0 Å². The zero-order valence-electron chi connectivity index (χ0n) is 13.2. The molecular formula is C12H27NO6P2. The van der Waals surface area contributed by atoms with E-state index >= 15 is 0 Å². The van der Waals surface area contributed by atoms with Crippen molar-refractivity contribution < 1.29 is 27.2 Å². The predicted octanol–water partition coefficient (Wildman–Crippen LogP) is 3.55. The van der Waals surface area contributed by atoms with Crippen molar-refractivity contribution in [1.82, 2.24) is 5.32 Å². The summed E-state index contributed by atoms with van der Waals surface area (Å²) in [5, 5.41) is 3.09. The van der Waals surface area contributed by atoms with Crippen LogP contribution in [0, 0.1) is 0 Å². The molecule has 0 aromatic heterocycles. The summed E-state index contributed by atoms with van der Waals surface area (Å²) in [5.74, 6) is -0.951. The first kappa shape index (κ1) is 19.3. The summed E-state index contributed by atoms with van der Waals surface area (Å²) in [5.41, 5.74) is 0. The van der Waals surface area contributed by atoms with Crippen molar-refractivity contribution in [2.75, 3.05) is 26.4 Å². The minimum absolute atomic E-state index is 0.300. The molecule has 126 valence electrons. The highest BCUT2D eigenvalue weighted by Gasteiger charge is 2.47. The lowest BCUT2D eigenvalue weighted by Crippen LogP contribution is -2.31. The van der Waals surface area contributed by atoms with E-state index in [0.717, 1.165) is 0 Å². The molecular weight excluding hydrogens is 316 g/mol. The monoisotopic (exact) mass is 343 g/mol. The second-order valence-electron chi connectivity index (χ2n) is 4.53. The normalized spacial score (nSPS) is 23.6. The predicted molar refractivity (Wildman–Crippen MR) is 81.7 cm³/mol. The molecule has 0 amide bonds. The number of nitrogens with one attached hydrogen (secondary N) is 1. The molecule has 0 aromatic carbocycles. The van der Waals surface area contributed by atoms with Gasteiger partial charge in [0.15, 0.2) is 0 Å². The maximum atomic E-state index is 12.7. The summed E-state index contributed by atoms with van der Waals surface area (Å²) >= 11 is 0. The van der Waals surface area contributed by atoms with Crippen LogP contribution < -0.4 is 5.32 Å². The van der Waals surface area contributed by atoms with E-state index in [0.29, 0.717) is 39.3 Å². The Hall–Kier alpha value is 0.260. The van der Waals surface area contributed by atoms with Gasteiger partial charge in [-0.25, -0.2) is 0 Å². The molecule has 1 aliphatic heterocycles. The molecule has 0 aromatic rings. The summed E-state index contributed by atoms with van der Waals surface area (Å²) in [7, 11) is -6.51. The lowest BCUT2D eigenvalue weighted by atomic mass is 10.4. The first-order chi connectivity index (χ1) is 9.95. The van der Waals surface area contributed by atoms with Crippen LogP contribution in [0.3, 0.4) is 0 Å². The van der Waals surface area contributed by atoms with Crippen molar-refractivity contribution >= 4 is 15.2 Å². The zero-order valence-corrected chi connectivity index (χ0v) is 15.0. The Morgan fingerprint density at radius 2 is 1.05 bits per heavy atom. The first-order valence-corrected chi connectivity index (χ1v) is 10.7. The van der Waals surface area contributed by atoms with Crippen LogP contribution in [0.4, 0.5) is 0 Å². The number of hydrogen-bond acceptors (Lipinski definition) is 7. The van der Waals surface area contributed by atoms with Crippen molar-refractivity contribution in [3.8, 4) is 0 Å². The molecule has 21 heavy (non-hydrogen) atoms. The van der Waals surface area contributed by atoms with E-state index in [-0.39, 0.29) is 0 Å². The van der Waals surface area contributed by atoms with Gasteiger partial charge in [-0.05, 0) is 40.5 Å². The van der Waals surface area contributed by atoms with E-state index in [4.69, 9.17) is 18.1 Å². The quantitative estimate of drug-likeness (QED) is 0.607. The lowest BCUT2D eigenvalue weighted by molar-refractivity contribution is 0.204. The molecule has 1 heterocycles. The van der Waals surface area contributed by atoms with E-state index < -0.39 is 26.8 Å². The smallest absolute Gasteiger partial charge is 0.308 e. The highest BCUT2D eigenvalue weighted by Crippen LogP contribution is 2.61. The molecule has 0 aliphatic carbocycles. The number of hydrogen-bond donors (Lipinski definition) is 1. The maximum Gasteiger partial charge on any atom is 0.347 e. The molecule has 1 rings (SSSR count). The van der Waals surface area contributed by atoms with Gasteiger partial charge in [0.05, 0.1) is 26.4 Å². The molecule has 7 nitrogen and oxygen atoms in total. The van der Waals surface area contributed by atoms with E-state index in [2.05, 4.69) is 5.32 Å². The minimum Gasteiger partial charge on any atom is -0.308 e. The second-order valence-corrected chi connectivity index (χ2v) is 8.97.